The summed E-state index contributed by atoms with van der Waals surface area (Å²) in [5, 5.41) is 4.31. The lowest BCUT2D eigenvalue weighted by molar-refractivity contribution is 0.0787. The van der Waals surface area contributed by atoms with E-state index in [1.54, 1.807) is 11.3 Å². The Morgan fingerprint density at radius 2 is 2.05 bits per heavy atom. The van der Waals surface area contributed by atoms with Gasteiger partial charge in [-0.05, 0) is 25.8 Å². The van der Waals surface area contributed by atoms with E-state index in [-0.39, 0.29) is 0 Å². The van der Waals surface area contributed by atoms with Gasteiger partial charge in [0.05, 0.1) is 11.0 Å². The Balaban J connectivity index is 1.78. The van der Waals surface area contributed by atoms with Crippen LogP contribution in [0.15, 0.2) is 36.5 Å². The van der Waals surface area contributed by atoms with E-state index in [9.17, 15) is 0 Å². The third-order valence-electron chi connectivity index (χ3n) is 2.61. The lowest BCUT2D eigenvalue weighted by Gasteiger charge is -2.07. The molecule has 0 atom stereocenters. The summed E-state index contributed by atoms with van der Waals surface area (Å²) in [4.78, 5) is 5.59. The molecule has 1 heterocycles. The second-order valence-electron chi connectivity index (χ2n) is 4.60. The highest BCUT2D eigenvalue weighted by Gasteiger charge is 2.03. The fourth-order valence-electron chi connectivity index (χ4n) is 1.68. The second kappa shape index (κ2) is 7.26. The van der Waals surface area contributed by atoms with E-state index in [2.05, 4.69) is 36.3 Å². The van der Waals surface area contributed by atoms with E-state index in [0.29, 0.717) is 6.10 Å². The van der Waals surface area contributed by atoms with Gasteiger partial charge in [0.15, 0.2) is 5.13 Å². The summed E-state index contributed by atoms with van der Waals surface area (Å²) in [6.45, 7) is 5.80. The fourth-order valence-corrected chi connectivity index (χ4v) is 2.53. The van der Waals surface area contributed by atoms with Crippen LogP contribution >= 0.6 is 11.3 Å². The van der Waals surface area contributed by atoms with Crippen molar-refractivity contribution in [1.82, 2.24) is 4.98 Å². The molecule has 1 N–H and O–H groups in total. The maximum Gasteiger partial charge on any atom is 0.183 e. The minimum atomic E-state index is 0.310. The van der Waals surface area contributed by atoms with Crippen molar-refractivity contribution >= 4 is 16.5 Å². The molecule has 2 rings (SSSR count). The molecule has 0 radical (unpaired) electrons. The molecule has 3 nitrogen and oxygen atoms in total. The SMILES string of the molecule is CC(C)OCCCNc1ncc(-c2ccccc2)s1. The van der Waals surface area contributed by atoms with Crippen LogP contribution in [0.1, 0.15) is 20.3 Å². The number of thiazole rings is 1. The first kappa shape index (κ1) is 14.0. The molecule has 0 aliphatic heterocycles. The number of nitrogens with one attached hydrogen (secondary N) is 1. The molecule has 0 saturated heterocycles. The second-order valence-corrected chi connectivity index (χ2v) is 5.63. The first-order chi connectivity index (χ1) is 9.25. The molecular weight excluding hydrogens is 256 g/mol. The summed E-state index contributed by atoms with van der Waals surface area (Å²) in [6, 6.07) is 10.3. The molecule has 0 amide bonds. The third kappa shape index (κ3) is 4.65. The zero-order valence-corrected chi connectivity index (χ0v) is 12.2. The van der Waals surface area contributed by atoms with Crippen molar-refractivity contribution in [3.8, 4) is 10.4 Å². The minimum Gasteiger partial charge on any atom is -0.379 e. The fraction of sp³-hybridized carbons (Fsp3) is 0.400. The number of hydrogen-bond donors (Lipinski definition) is 1. The quantitative estimate of drug-likeness (QED) is 0.775. The van der Waals surface area contributed by atoms with Crippen molar-refractivity contribution in [2.45, 2.75) is 26.4 Å². The molecule has 0 bridgehead atoms. The Bertz CT molecular complexity index is 482. The highest BCUT2D eigenvalue weighted by molar-refractivity contribution is 7.18. The molecular formula is C15H20N2OS. The summed E-state index contributed by atoms with van der Waals surface area (Å²) in [5.41, 5.74) is 1.22. The number of ether oxygens (including phenoxy) is 1. The largest absolute Gasteiger partial charge is 0.379 e. The van der Waals surface area contributed by atoms with Gasteiger partial charge in [0.25, 0.3) is 0 Å². The van der Waals surface area contributed by atoms with Gasteiger partial charge >= 0.3 is 0 Å². The van der Waals surface area contributed by atoms with Crippen molar-refractivity contribution in [3.05, 3.63) is 36.5 Å². The molecule has 1 aromatic carbocycles. The molecule has 4 heteroatoms. The summed E-state index contributed by atoms with van der Waals surface area (Å²) in [5.74, 6) is 0. The van der Waals surface area contributed by atoms with Crippen LogP contribution in [0.4, 0.5) is 5.13 Å². The Labute approximate surface area is 118 Å². The Morgan fingerprint density at radius 1 is 1.26 bits per heavy atom. The van der Waals surface area contributed by atoms with Crippen LogP contribution in [-0.2, 0) is 4.74 Å². The Morgan fingerprint density at radius 3 is 2.79 bits per heavy atom. The van der Waals surface area contributed by atoms with Crippen LogP contribution in [0, 0.1) is 0 Å². The number of anilines is 1. The van der Waals surface area contributed by atoms with Crippen molar-refractivity contribution in [2.75, 3.05) is 18.5 Å². The summed E-state index contributed by atoms with van der Waals surface area (Å²) in [7, 11) is 0. The smallest absolute Gasteiger partial charge is 0.183 e. The van der Waals surface area contributed by atoms with Gasteiger partial charge in [0.1, 0.15) is 0 Å². The zero-order valence-electron chi connectivity index (χ0n) is 11.4. The standard InChI is InChI=1S/C15H20N2OS/c1-12(2)18-10-6-9-16-15-17-11-14(19-15)13-7-4-3-5-8-13/h3-5,7-8,11-12H,6,9-10H2,1-2H3,(H,16,17). The van der Waals surface area contributed by atoms with E-state index < -0.39 is 0 Å². The molecule has 19 heavy (non-hydrogen) atoms. The molecule has 0 unspecified atom stereocenters. The number of benzene rings is 1. The van der Waals surface area contributed by atoms with Crippen molar-refractivity contribution < 1.29 is 4.74 Å². The molecule has 2 aromatic rings. The minimum absolute atomic E-state index is 0.310. The van der Waals surface area contributed by atoms with E-state index in [1.807, 2.05) is 24.4 Å². The summed E-state index contributed by atoms with van der Waals surface area (Å²) in [6.07, 6.45) is 3.23. The lowest BCUT2D eigenvalue weighted by atomic mass is 10.2. The van der Waals surface area contributed by atoms with Gasteiger partial charge < -0.3 is 10.1 Å². The number of rotatable bonds is 7. The first-order valence-electron chi connectivity index (χ1n) is 6.62. The molecule has 102 valence electrons. The van der Waals surface area contributed by atoms with Crippen LogP contribution in [0.25, 0.3) is 10.4 Å². The summed E-state index contributed by atoms with van der Waals surface area (Å²) >= 11 is 1.69. The maximum atomic E-state index is 5.50. The highest BCUT2D eigenvalue weighted by Crippen LogP contribution is 2.28. The first-order valence-corrected chi connectivity index (χ1v) is 7.44. The van der Waals surface area contributed by atoms with Crippen LogP contribution in [0.2, 0.25) is 0 Å². The average Bonchev–Trinajstić information content (AvgIpc) is 2.88. The van der Waals surface area contributed by atoms with Gasteiger partial charge in [-0.1, -0.05) is 41.7 Å². The summed E-state index contributed by atoms with van der Waals surface area (Å²) < 4.78 is 5.50. The molecule has 0 spiro atoms. The van der Waals surface area contributed by atoms with Gasteiger partial charge in [0.2, 0.25) is 0 Å². The van der Waals surface area contributed by atoms with Gasteiger partial charge in [-0.25, -0.2) is 4.98 Å². The molecule has 0 aliphatic rings. The molecule has 0 saturated carbocycles. The molecule has 0 fully saturated rings. The van der Waals surface area contributed by atoms with E-state index in [0.717, 1.165) is 24.7 Å². The van der Waals surface area contributed by atoms with Crippen LogP contribution in [0.5, 0.6) is 0 Å². The monoisotopic (exact) mass is 276 g/mol. The predicted octanol–water partition coefficient (Wildman–Crippen LogP) is 4.04. The molecule has 1 aromatic heterocycles. The van der Waals surface area contributed by atoms with Crippen molar-refractivity contribution in [1.29, 1.82) is 0 Å². The predicted molar refractivity (Wildman–Crippen MR) is 81.7 cm³/mol. The van der Waals surface area contributed by atoms with Gasteiger partial charge in [0, 0.05) is 19.3 Å². The van der Waals surface area contributed by atoms with Gasteiger partial charge in [-0.2, -0.15) is 0 Å². The highest BCUT2D eigenvalue weighted by atomic mass is 32.1. The number of hydrogen-bond acceptors (Lipinski definition) is 4. The Hall–Kier alpha value is -1.39. The average molecular weight is 276 g/mol. The Kier molecular flexibility index (Phi) is 5.36. The topological polar surface area (TPSA) is 34.1 Å². The van der Waals surface area contributed by atoms with Crippen LogP contribution in [-0.4, -0.2) is 24.2 Å². The van der Waals surface area contributed by atoms with Crippen molar-refractivity contribution in [3.63, 3.8) is 0 Å². The number of aromatic nitrogens is 1. The van der Waals surface area contributed by atoms with Crippen LogP contribution < -0.4 is 5.32 Å². The van der Waals surface area contributed by atoms with Gasteiger partial charge in [-0.3, -0.25) is 0 Å². The van der Waals surface area contributed by atoms with Crippen LogP contribution in [0.3, 0.4) is 0 Å². The van der Waals surface area contributed by atoms with E-state index in [1.165, 1.54) is 10.4 Å². The normalized spacial score (nSPS) is 10.9. The zero-order chi connectivity index (χ0) is 13.5. The lowest BCUT2D eigenvalue weighted by Crippen LogP contribution is -2.09. The van der Waals surface area contributed by atoms with Gasteiger partial charge in [-0.15, -0.1) is 0 Å². The maximum absolute atomic E-state index is 5.50. The van der Waals surface area contributed by atoms with E-state index >= 15 is 0 Å². The van der Waals surface area contributed by atoms with E-state index in [4.69, 9.17) is 4.74 Å². The van der Waals surface area contributed by atoms with Crippen molar-refractivity contribution in [2.24, 2.45) is 0 Å². The number of nitrogens with zero attached hydrogens (tertiary/aromatic N) is 1. The molecule has 0 aliphatic carbocycles. The third-order valence-corrected chi connectivity index (χ3v) is 3.62.